The van der Waals surface area contributed by atoms with Crippen LogP contribution >= 0.6 is 27.3 Å². The van der Waals surface area contributed by atoms with Crippen LogP contribution in [0.1, 0.15) is 17.4 Å². The van der Waals surface area contributed by atoms with E-state index in [0.717, 1.165) is 22.0 Å². The normalized spacial score (nSPS) is 16.8. The number of aromatic nitrogens is 1. The van der Waals surface area contributed by atoms with Gasteiger partial charge >= 0.3 is 0 Å². The molecule has 2 heterocycles. The Morgan fingerprint density at radius 3 is 2.80 bits per heavy atom. The van der Waals surface area contributed by atoms with Gasteiger partial charge < -0.3 is 9.64 Å². The Bertz CT molecular complexity index is 374. The number of carbonyl (C=O) groups excluding carboxylic acids is 1. The fraction of sp³-hybridized carbons (Fsp3) is 0.556. The second-order valence-electron chi connectivity index (χ2n) is 3.28. The van der Waals surface area contributed by atoms with Crippen molar-refractivity contribution >= 4 is 38.1 Å². The van der Waals surface area contributed by atoms with Crippen molar-refractivity contribution in [2.24, 2.45) is 0 Å². The SMILES string of the molecule is CC(=O)c1nc(Br)sc1N1CCOCC1. The number of nitrogens with zero attached hydrogens (tertiary/aromatic N) is 2. The highest BCUT2D eigenvalue weighted by atomic mass is 79.9. The summed E-state index contributed by atoms with van der Waals surface area (Å²) >= 11 is 4.82. The molecule has 0 atom stereocenters. The smallest absolute Gasteiger partial charge is 0.181 e. The summed E-state index contributed by atoms with van der Waals surface area (Å²) in [5.74, 6) is 0.0124. The van der Waals surface area contributed by atoms with Crippen molar-refractivity contribution in [3.8, 4) is 0 Å². The van der Waals surface area contributed by atoms with Gasteiger partial charge in [-0.1, -0.05) is 11.3 Å². The van der Waals surface area contributed by atoms with Gasteiger partial charge in [0.1, 0.15) is 10.7 Å². The zero-order valence-corrected chi connectivity index (χ0v) is 10.7. The summed E-state index contributed by atoms with van der Waals surface area (Å²) in [6.07, 6.45) is 0. The zero-order valence-electron chi connectivity index (χ0n) is 8.33. The summed E-state index contributed by atoms with van der Waals surface area (Å²) in [4.78, 5) is 17.7. The Hall–Kier alpha value is -0.460. The van der Waals surface area contributed by atoms with E-state index >= 15 is 0 Å². The van der Waals surface area contributed by atoms with E-state index in [0.29, 0.717) is 18.9 Å². The van der Waals surface area contributed by atoms with Crippen molar-refractivity contribution in [3.63, 3.8) is 0 Å². The molecule has 0 aliphatic carbocycles. The molecule has 1 aromatic heterocycles. The highest BCUT2D eigenvalue weighted by molar-refractivity contribution is 9.11. The van der Waals surface area contributed by atoms with Gasteiger partial charge in [-0.25, -0.2) is 4.98 Å². The number of ether oxygens (including phenoxy) is 1. The van der Waals surface area contributed by atoms with Gasteiger partial charge in [0.2, 0.25) is 0 Å². The lowest BCUT2D eigenvalue weighted by atomic mass is 10.3. The van der Waals surface area contributed by atoms with Gasteiger partial charge in [-0.3, -0.25) is 4.79 Å². The van der Waals surface area contributed by atoms with Crippen molar-refractivity contribution in [1.82, 2.24) is 4.98 Å². The molecule has 0 N–H and O–H groups in total. The highest BCUT2D eigenvalue weighted by Gasteiger charge is 2.21. The van der Waals surface area contributed by atoms with Gasteiger partial charge in [-0.2, -0.15) is 0 Å². The zero-order chi connectivity index (χ0) is 10.8. The summed E-state index contributed by atoms with van der Waals surface area (Å²) in [6, 6.07) is 0. The molecule has 82 valence electrons. The van der Waals surface area contributed by atoms with Gasteiger partial charge in [-0.15, -0.1) is 0 Å². The molecule has 2 rings (SSSR count). The molecule has 0 radical (unpaired) electrons. The first-order valence-electron chi connectivity index (χ1n) is 4.68. The fourth-order valence-corrected chi connectivity index (χ4v) is 3.03. The highest BCUT2D eigenvalue weighted by Crippen LogP contribution is 2.32. The van der Waals surface area contributed by atoms with Gasteiger partial charge in [0.15, 0.2) is 9.70 Å². The van der Waals surface area contributed by atoms with E-state index in [-0.39, 0.29) is 5.78 Å². The van der Waals surface area contributed by atoms with Crippen LogP contribution < -0.4 is 4.90 Å². The first-order chi connectivity index (χ1) is 7.18. The molecule has 0 unspecified atom stereocenters. The maximum absolute atomic E-state index is 11.4. The lowest BCUT2D eigenvalue weighted by Crippen LogP contribution is -2.36. The van der Waals surface area contributed by atoms with Crippen molar-refractivity contribution in [3.05, 3.63) is 9.61 Å². The third-order valence-corrected chi connectivity index (χ3v) is 3.78. The number of Topliss-reactive ketones (excluding diaryl/α,β-unsaturated/α-hetero) is 1. The van der Waals surface area contributed by atoms with E-state index in [4.69, 9.17) is 4.74 Å². The molecule has 0 bridgehead atoms. The summed E-state index contributed by atoms with van der Waals surface area (Å²) in [5, 5.41) is 0.956. The molecular weight excluding hydrogens is 280 g/mol. The number of carbonyl (C=O) groups is 1. The molecule has 1 aliphatic rings. The molecule has 0 saturated carbocycles. The van der Waals surface area contributed by atoms with Crippen LogP contribution in [0.2, 0.25) is 0 Å². The van der Waals surface area contributed by atoms with Gasteiger partial charge in [0.05, 0.1) is 13.2 Å². The van der Waals surface area contributed by atoms with E-state index < -0.39 is 0 Å². The number of hydrogen-bond acceptors (Lipinski definition) is 5. The maximum atomic E-state index is 11.4. The van der Waals surface area contributed by atoms with E-state index in [2.05, 4.69) is 25.8 Å². The number of rotatable bonds is 2. The van der Waals surface area contributed by atoms with Crippen LogP contribution in [0, 0.1) is 0 Å². The lowest BCUT2D eigenvalue weighted by Gasteiger charge is -2.27. The Morgan fingerprint density at radius 1 is 1.53 bits per heavy atom. The number of ketones is 1. The Labute approximate surface area is 100 Å². The van der Waals surface area contributed by atoms with Crippen LogP contribution in [0.15, 0.2) is 3.92 Å². The second-order valence-corrected chi connectivity index (χ2v) is 5.53. The van der Waals surface area contributed by atoms with Crippen LogP contribution in [0.4, 0.5) is 5.00 Å². The van der Waals surface area contributed by atoms with E-state index in [9.17, 15) is 4.79 Å². The summed E-state index contributed by atoms with van der Waals surface area (Å²) in [5.41, 5.74) is 0.564. The monoisotopic (exact) mass is 290 g/mol. The van der Waals surface area contributed by atoms with Crippen molar-refractivity contribution in [2.45, 2.75) is 6.92 Å². The predicted octanol–water partition coefficient (Wildman–Crippen LogP) is 1.94. The predicted molar refractivity (Wildman–Crippen MR) is 62.9 cm³/mol. The first-order valence-corrected chi connectivity index (χ1v) is 6.29. The maximum Gasteiger partial charge on any atom is 0.181 e. The minimum absolute atomic E-state index is 0.0124. The molecule has 0 aromatic carbocycles. The molecular formula is C9H11BrN2O2S. The van der Waals surface area contributed by atoms with Crippen molar-refractivity contribution in [1.29, 1.82) is 0 Å². The van der Waals surface area contributed by atoms with Crippen LogP contribution in [-0.4, -0.2) is 37.1 Å². The molecule has 6 heteroatoms. The minimum atomic E-state index is 0.0124. The Morgan fingerprint density at radius 2 is 2.20 bits per heavy atom. The molecule has 1 saturated heterocycles. The molecule has 15 heavy (non-hydrogen) atoms. The van der Waals surface area contributed by atoms with Gasteiger partial charge in [0.25, 0.3) is 0 Å². The van der Waals surface area contributed by atoms with E-state index in [1.807, 2.05) is 0 Å². The molecule has 1 aliphatic heterocycles. The van der Waals surface area contributed by atoms with Crippen LogP contribution in [-0.2, 0) is 4.74 Å². The van der Waals surface area contributed by atoms with Gasteiger partial charge in [0, 0.05) is 20.0 Å². The van der Waals surface area contributed by atoms with Gasteiger partial charge in [-0.05, 0) is 15.9 Å². The molecule has 0 spiro atoms. The first kappa shape index (κ1) is 11.0. The number of anilines is 1. The molecule has 4 nitrogen and oxygen atoms in total. The Kier molecular flexibility index (Phi) is 3.38. The largest absolute Gasteiger partial charge is 0.378 e. The number of halogens is 1. The molecule has 1 aromatic rings. The van der Waals surface area contributed by atoms with Crippen molar-refractivity contribution in [2.75, 3.05) is 31.2 Å². The summed E-state index contributed by atoms with van der Waals surface area (Å²) in [6.45, 7) is 4.63. The number of thiazole rings is 1. The van der Waals surface area contributed by atoms with Crippen LogP contribution in [0.5, 0.6) is 0 Å². The quantitative estimate of drug-likeness (QED) is 0.781. The summed E-state index contributed by atoms with van der Waals surface area (Å²) in [7, 11) is 0. The third-order valence-electron chi connectivity index (χ3n) is 2.21. The standard InChI is InChI=1S/C9H11BrN2O2S/c1-6(13)7-8(15-9(10)11-7)12-2-4-14-5-3-12/h2-5H2,1H3. The third kappa shape index (κ3) is 2.38. The number of hydrogen-bond donors (Lipinski definition) is 0. The average molecular weight is 291 g/mol. The van der Waals surface area contributed by atoms with E-state index in [1.165, 1.54) is 11.3 Å². The van der Waals surface area contributed by atoms with Crippen LogP contribution in [0.3, 0.4) is 0 Å². The Balaban J connectivity index is 2.28. The fourth-order valence-electron chi connectivity index (χ4n) is 1.50. The minimum Gasteiger partial charge on any atom is -0.378 e. The second kappa shape index (κ2) is 4.59. The average Bonchev–Trinajstić information content (AvgIpc) is 2.62. The van der Waals surface area contributed by atoms with Crippen LogP contribution in [0.25, 0.3) is 0 Å². The number of morpholine rings is 1. The van der Waals surface area contributed by atoms with E-state index in [1.54, 1.807) is 6.92 Å². The molecule has 1 fully saturated rings. The molecule has 0 amide bonds. The topological polar surface area (TPSA) is 42.4 Å². The summed E-state index contributed by atoms with van der Waals surface area (Å²) < 4.78 is 6.03. The lowest BCUT2D eigenvalue weighted by molar-refractivity contribution is 0.101. The van der Waals surface area contributed by atoms with Crippen molar-refractivity contribution < 1.29 is 9.53 Å².